The smallest absolute Gasteiger partial charge is 0.316 e. The fraction of sp³-hybridized carbons (Fsp3) is 0.471. The number of carboxylic acid groups (broad SMARTS) is 1. The summed E-state index contributed by atoms with van der Waals surface area (Å²) in [6.07, 6.45) is 5.56. The third-order valence-electron chi connectivity index (χ3n) is 4.40. The first-order chi connectivity index (χ1) is 10.9. The summed E-state index contributed by atoms with van der Waals surface area (Å²) >= 11 is 0. The molecule has 0 amide bonds. The molecule has 0 bridgehead atoms. The van der Waals surface area contributed by atoms with E-state index in [1.807, 2.05) is 26.1 Å². The predicted octanol–water partition coefficient (Wildman–Crippen LogP) is 2.20. The van der Waals surface area contributed by atoms with E-state index in [0.29, 0.717) is 18.7 Å². The van der Waals surface area contributed by atoms with Crippen molar-refractivity contribution in [2.45, 2.75) is 26.2 Å². The standard InChI is InChI=1S/C17H24N4O2/c1-12-6-7-15(19-10-12)21(3)11-20-13(2)17(16(22)23)9-14(17)5-4-8-18/h6-7,10-11,14H,2,4-5,8-9,18H2,1,3H3,(H,22,23)/t14-,17?/m1/s1. The van der Waals surface area contributed by atoms with Crippen molar-refractivity contribution >= 4 is 18.1 Å². The Morgan fingerprint density at radius 1 is 1.65 bits per heavy atom. The van der Waals surface area contributed by atoms with Crippen LogP contribution in [0.4, 0.5) is 5.82 Å². The molecule has 1 unspecified atom stereocenters. The highest BCUT2D eigenvalue weighted by Crippen LogP contribution is 2.59. The van der Waals surface area contributed by atoms with Gasteiger partial charge in [0.2, 0.25) is 0 Å². The number of carboxylic acids is 1. The molecule has 1 aliphatic rings. The summed E-state index contributed by atoms with van der Waals surface area (Å²) in [4.78, 5) is 22.0. The number of aromatic nitrogens is 1. The number of nitrogens with two attached hydrogens (primary N) is 1. The van der Waals surface area contributed by atoms with Crippen molar-refractivity contribution in [2.24, 2.45) is 22.1 Å². The lowest BCUT2D eigenvalue weighted by Crippen LogP contribution is -2.21. The van der Waals surface area contributed by atoms with Gasteiger partial charge in [-0.3, -0.25) is 4.79 Å². The molecule has 1 heterocycles. The normalized spacial score (nSPS) is 23.0. The molecular formula is C17H24N4O2. The molecule has 1 aromatic rings. The molecule has 2 atom stereocenters. The fourth-order valence-corrected chi connectivity index (χ4v) is 2.78. The molecule has 0 saturated heterocycles. The number of hydrogen-bond donors (Lipinski definition) is 2. The molecule has 0 radical (unpaired) electrons. The van der Waals surface area contributed by atoms with Crippen LogP contribution in [-0.4, -0.2) is 36.0 Å². The third kappa shape index (κ3) is 3.59. The predicted molar refractivity (Wildman–Crippen MR) is 91.5 cm³/mol. The van der Waals surface area contributed by atoms with Crippen molar-refractivity contribution in [1.82, 2.24) is 4.98 Å². The zero-order valence-electron chi connectivity index (χ0n) is 13.7. The van der Waals surface area contributed by atoms with Gasteiger partial charge >= 0.3 is 5.97 Å². The van der Waals surface area contributed by atoms with Gasteiger partial charge in [-0.1, -0.05) is 12.6 Å². The number of anilines is 1. The van der Waals surface area contributed by atoms with Crippen LogP contribution in [0.1, 0.15) is 24.8 Å². The van der Waals surface area contributed by atoms with Crippen molar-refractivity contribution in [3.05, 3.63) is 36.2 Å². The lowest BCUT2D eigenvalue weighted by Gasteiger charge is -2.15. The van der Waals surface area contributed by atoms with E-state index in [2.05, 4.69) is 16.6 Å². The van der Waals surface area contributed by atoms with E-state index in [1.165, 1.54) is 0 Å². The SMILES string of the molecule is C=C(N=CN(C)c1ccc(C)cn1)C1(C(=O)O)C[C@H]1CCCN. The van der Waals surface area contributed by atoms with Crippen LogP contribution in [-0.2, 0) is 4.79 Å². The Kier molecular flexibility index (Phi) is 5.15. The van der Waals surface area contributed by atoms with Gasteiger partial charge in [-0.25, -0.2) is 9.98 Å². The second kappa shape index (κ2) is 6.91. The van der Waals surface area contributed by atoms with E-state index in [9.17, 15) is 9.90 Å². The number of nitrogens with zero attached hydrogens (tertiary/aromatic N) is 3. The Bertz CT molecular complexity index is 612. The van der Waals surface area contributed by atoms with Gasteiger partial charge in [-0.2, -0.15) is 0 Å². The maximum atomic E-state index is 11.7. The van der Waals surface area contributed by atoms with Crippen molar-refractivity contribution < 1.29 is 9.90 Å². The van der Waals surface area contributed by atoms with Crippen LogP contribution in [0.25, 0.3) is 0 Å². The number of carbonyl (C=O) groups is 1. The summed E-state index contributed by atoms with van der Waals surface area (Å²) in [7, 11) is 1.82. The monoisotopic (exact) mass is 316 g/mol. The summed E-state index contributed by atoms with van der Waals surface area (Å²) < 4.78 is 0. The third-order valence-corrected chi connectivity index (χ3v) is 4.40. The lowest BCUT2D eigenvalue weighted by atomic mass is 9.98. The van der Waals surface area contributed by atoms with Crippen molar-refractivity contribution in [3.63, 3.8) is 0 Å². The number of pyridine rings is 1. The molecule has 1 fully saturated rings. The average Bonchev–Trinajstić information content (AvgIpc) is 3.27. The minimum absolute atomic E-state index is 0.0796. The maximum absolute atomic E-state index is 11.7. The molecule has 0 aromatic carbocycles. The van der Waals surface area contributed by atoms with E-state index < -0.39 is 11.4 Å². The molecule has 0 spiro atoms. The lowest BCUT2D eigenvalue weighted by molar-refractivity contribution is -0.142. The van der Waals surface area contributed by atoms with Crippen molar-refractivity contribution in [1.29, 1.82) is 0 Å². The van der Waals surface area contributed by atoms with Gasteiger partial charge in [0.15, 0.2) is 0 Å². The van der Waals surface area contributed by atoms with Crippen LogP contribution >= 0.6 is 0 Å². The van der Waals surface area contributed by atoms with Crippen molar-refractivity contribution in [2.75, 3.05) is 18.5 Å². The van der Waals surface area contributed by atoms with Crippen LogP contribution < -0.4 is 10.6 Å². The topological polar surface area (TPSA) is 91.8 Å². The van der Waals surface area contributed by atoms with Crippen LogP contribution in [0.5, 0.6) is 0 Å². The van der Waals surface area contributed by atoms with Crippen molar-refractivity contribution in [3.8, 4) is 0 Å². The van der Waals surface area contributed by atoms with Gasteiger partial charge in [-0.05, 0) is 50.3 Å². The minimum atomic E-state index is -0.923. The molecule has 124 valence electrons. The highest BCUT2D eigenvalue weighted by atomic mass is 16.4. The molecule has 2 rings (SSSR count). The Hall–Kier alpha value is -2.21. The number of aliphatic imine (C=N–C) groups is 1. The zero-order chi connectivity index (χ0) is 17.0. The number of rotatable bonds is 8. The zero-order valence-corrected chi connectivity index (χ0v) is 13.7. The van der Waals surface area contributed by atoms with E-state index in [1.54, 1.807) is 17.4 Å². The summed E-state index contributed by atoms with van der Waals surface area (Å²) in [5.74, 6) is -0.0270. The first kappa shape index (κ1) is 17.1. The highest BCUT2D eigenvalue weighted by Gasteiger charge is 2.62. The average molecular weight is 316 g/mol. The molecule has 1 aromatic heterocycles. The van der Waals surface area contributed by atoms with E-state index >= 15 is 0 Å². The maximum Gasteiger partial charge on any atom is 0.316 e. The summed E-state index contributed by atoms with van der Waals surface area (Å²) in [6, 6.07) is 3.85. The molecule has 1 saturated carbocycles. The molecule has 23 heavy (non-hydrogen) atoms. The Labute approximate surface area is 136 Å². The molecule has 6 heteroatoms. The van der Waals surface area contributed by atoms with E-state index in [-0.39, 0.29) is 5.92 Å². The van der Waals surface area contributed by atoms with E-state index in [4.69, 9.17) is 5.73 Å². The quantitative estimate of drug-likeness (QED) is 0.566. The first-order valence-corrected chi connectivity index (χ1v) is 7.74. The van der Waals surface area contributed by atoms with Gasteiger partial charge < -0.3 is 15.7 Å². The summed E-state index contributed by atoms with van der Waals surface area (Å²) in [5, 5.41) is 9.56. The molecule has 1 aliphatic carbocycles. The van der Waals surface area contributed by atoms with Gasteiger partial charge in [0.25, 0.3) is 0 Å². The molecule has 3 N–H and O–H groups in total. The summed E-state index contributed by atoms with van der Waals surface area (Å²) in [5.41, 5.74) is 6.05. The number of hydrogen-bond acceptors (Lipinski definition) is 4. The largest absolute Gasteiger partial charge is 0.481 e. The molecular weight excluding hydrogens is 292 g/mol. The van der Waals surface area contributed by atoms with Gasteiger partial charge in [0, 0.05) is 13.2 Å². The van der Waals surface area contributed by atoms with E-state index in [0.717, 1.165) is 24.2 Å². The number of aryl methyl sites for hydroxylation is 1. The van der Waals surface area contributed by atoms with Gasteiger partial charge in [-0.15, -0.1) is 0 Å². The van der Waals surface area contributed by atoms with Crippen LogP contribution in [0.3, 0.4) is 0 Å². The second-order valence-electron chi connectivity index (χ2n) is 6.10. The van der Waals surface area contributed by atoms with Crippen LogP contribution in [0, 0.1) is 18.3 Å². The van der Waals surface area contributed by atoms with Gasteiger partial charge in [0.1, 0.15) is 11.2 Å². The fourth-order valence-electron chi connectivity index (χ4n) is 2.78. The minimum Gasteiger partial charge on any atom is -0.481 e. The van der Waals surface area contributed by atoms with Crippen LogP contribution in [0.2, 0.25) is 0 Å². The highest BCUT2D eigenvalue weighted by molar-refractivity contribution is 5.84. The second-order valence-corrected chi connectivity index (χ2v) is 6.10. The Morgan fingerprint density at radius 2 is 2.39 bits per heavy atom. The first-order valence-electron chi connectivity index (χ1n) is 7.74. The molecule has 6 nitrogen and oxygen atoms in total. The molecule has 0 aliphatic heterocycles. The van der Waals surface area contributed by atoms with Crippen LogP contribution in [0.15, 0.2) is 35.6 Å². The summed E-state index contributed by atoms with van der Waals surface area (Å²) in [6.45, 7) is 6.43. The number of aliphatic carboxylic acids is 1. The Balaban J connectivity index is 2.04. The Morgan fingerprint density at radius 3 is 2.96 bits per heavy atom. The van der Waals surface area contributed by atoms with Gasteiger partial charge in [0.05, 0.1) is 12.0 Å².